The van der Waals surface area contributed by atoms with E-state index < -0.39 is 0 Å². The lowest BCUT2D eigenvalue weighted by Gasteiger charge is -2.08. The highest BCUT2D eigenvalue weighted by molar-refractivity contribution is 5.60. The number of hydrogen-bond acceptors (Lipinski definition) is 5. The highest BCUT2D eigenvalue weighted by Crippen LogP contribution is 2.21. The largest absolute Gasteiger partial charge is 0.399 e. The summed E-state index contributed by atoms with van der Waals surface area (Å²) in [5.41, 5.74) is 7.21. The Hall–Kier alpha value is -2.04. The Morgan fingerprint density at radius 1 is 1.44 bits per heavy atom. The molecule has 0 radical (unpaired) electrons. The first-order chi connectivity index (χ1) is 7.70. The number of nitrogen functional groups attached to an aromatic ring is 1. The summed E-state index contributed by atoms with van der Waals surface area (Å²) in [5.74, 6) is 1.07. The van der Waals surface area contributed by atoms with Crippen molar-refractivity contribution in [2.45, 2.75) is 6.92 Å². The Bertz CT molecular complexity index is 480. The molecular formula is C11H14N4O. The lowest BCUT2D eigenvalue weighted by Crippen LogP contribution is -2.16. The number of nitrogens with zero attached hydrogens (tertiary/aromatic N) is 3. The Morgan fingerprint density at radius 2 is 2.25 bits per heavy atom. The van der Waals surface area contributed by atoms with Crippen LogP contribution >= 0.6 is 0 Å². The topological polar surface area (TPSA) is 68.2 Å². The molecule has 2 N–H and O–H groups in total. The van der Waals surface area contributed by atoms with Gasteiger partial charge in [0.1, 0.15) is 0 Å². The van der Waals surface area contributed by atoms with Gasteiger partial charge in [-0.05, 0) is 30.3 Å². The zero-order chi connectivity index (χ0) is 11.5. The van der Waals surface area contributed by atoms with Crippen LogP contribution in [-0.4, -0.2) is 23.7 Å². The molecule has 0 unspecified atom stereocenters. The number of nitrogens with two attached hydrogens (primary N) is 1. The standard InChI is InChI=1S/C11H14N4O/c1-3-15(2)11-13-10(16-14-11)8-5-4-6-9(12)7-8/h4-7H,3,12H2,1-2H3. The fourth-order valence-corrected chi connectivity index (χ4v) is 1.30. The zero-order valence-electron chi connectivity index (χ0n) is 9.34. The predicted molar refractivity (Wildman–Crippen MR) is 63.1 cm³/mol. The second-order valence-electron chi connectivity index (χ2n) is 3.54. The number of aromatic nitrogens is 2. The van der Waals surface area contributed by atoms with E-state index in [0.29, 0.717) is 17.5 Å². The van der Waals surface area contributed by atoms with Gasteiger partial charge in [-0.15, -0.1) is 0 Å². The quantitative estimate of drug-likeness (QED) is 0.795. The molecule has 0 saturated heterocycles. The maximum absolute atomic E-state index is 5.69. The van der Waals surface area contributed by atoms with Gasteiger partial charge in [-0.1, -0.05) is 6.07 Å². The van der Waals surface area contributed by atoms with Crippen LogP contribution < -0.4 is 10.6 Å². The van der Waals surface area contributed by atoms with Gasteiger partial charge in [0.15, 0.2) is 0 Å². The summed E-state index contributed by atoms with van der Waals surface area (Å²) in [4.78, 5) is 6.19. The predicted octanol–water partition coefficient (Wildman–Crippen LogP) is 1.77. The Morgan fingerprint density at radius 3 is 2.94 bits per heavy atom. The lowest BCUT2D eigenvalue weighted by molar-refractivity contribution is 0.430. The summed E-state index contributed by atoms with van der Waals surface area (Å²) in [5, 5.41) is 3.89. The molecule has 0 bridgehead atoms. The van der Waals surface area contributed by atoms with Gasteiger partial charge in [-0.3, -0.25) is 0 Å². The van der Waals surface area contributed by atoms with E-state index >= 15 is 0 Å². The van der Waals surface area contributed by atoms with E-state index in [1.54, 1.807) is 0 Å². The van der Waals surface area contributed by atoms with Crippen molar-refractivity contribution in [3.05, 3.63) is 24.3 Å². The van der Waals surface area contributed by atoms with Gasteiger partial charge in [-0.2, -0.15) is 4.98 Å². The molecule has 1 aromatic heterocycles. The second-order valence-corrected chi connectivity index (χ2v) is 3.54. The summed E-state index contributed by atoms with van der Waals surface area (Å²) in [6, 6.07) is 7.37. The Balaban J connectivity index is 2.31. The fourth-order valence-electron chi connectivity index (χ4n) is 1.30. The van der Waals surface area contributed by atoms with E-state index in [1.807, 2.05) is 43.1 Å². The minimum absolute atomic E-state index is 0.489. The third-order valence-electron chi connectivity index (χ3n) is 2.36. The van der Waals surface area contributed by atoms with Crippen molar-refractivity contribution in [3.63, 3.8) is 0 Å². The van der Waals surface area contributed by atoms with Crippen LogP contribution in [0.15, 0.2) is 28.8 Å². The van der Waals surface area contributed by atoms with Gasteiger partial charge in [0.2, 0.25) is 0 Å². The molecule has 0 aliphatic rings. The molecular weight excluding hydrogens is 204 g/mol. The summed E-state index contributed by atoms with van der Waals surface area (Å²) in [6.45, 7) is 2.85. The van der Waals surface area contributed by atoms with Gasteiger partial charge < -0.3 is 15.2 Å². The first kappa shape index (κ1) is 10.5. The van der Waals surface area contributed by atoms with Crippen molar-refractivity contribution in [2.24, 2.45) is 0 Å². The molecule has 1 aromatic carbocycles. The molecule has 2 rings (SSSR count). The van der Waals surface area contributed by atoms with E-state index in [1.165, 1.54) is 0 Å². The average molecular weight is 218 g/mol. The molecule has 0 saturated carbocycles. The maximum Gasteiger partial charge on any atom is 0.266 e. The van der Waals surface area contributed by atoms with Crippen molar-refractivity contribution < 1.29 is 4.52 Å². The summed E-state index contributed by atoms with van der Waals surface area (Å²) < 4.78 is 5.17. The molecule has 5 nitrogen and oxygen atoms in total. The van der Waals surface area contributed by atoms with Crippen molar-refractivity contribution in [2.75, 3.05) is 24.2 Å². The summed E-state index contributed by atoms with van der Waals surface area (Å²) in [7, 11) is 1.91. The second kappa shape index (κ2) is 4.22. The van der Waals surface area contributed by atoms with Gasteiger partial charge >= 0.3 is 0 Å². The molecule has 84 valence electrons. The highest BCUT2D eigenvalue weighted by atomic mass is 16.5. The minimum Gasteiger partial charge on any atom is -0.399 e. The van der Waals surface area contributed by atoms with Crippen LogP contribution in [0.5, 0.6) is 0 Å². The number of hydrogen-bond donors (Lipinski definition) is 1. The van der Waals surface area contributed by atoms with Gasteiger partial charge in [0, 0.05) is 24.8 Å². The van der Waals surface area contributed by atoms with Crippen molar-refractivity contribution in [1.82, 2.24) is 10.1 Å². The van der Waals surface area contributed by atoms with E-state index in [0.717, 1.165) is 12.1 Å². The maximum atomic E-state index is 5.69. The van der Waals surface area contributed by atoms with Gasteiger partial charge in [0.05, 0.1) is 0 Å². The Labute approximate surface area is 93.9 Å². The van der Waals surface area contributed by atoms with Crippen molar-refractivity contribution in [1.29, 1.82) is 0 Å². The molecule has 0 aliphatic carbocycles. The van der Waals surface area contributed by atoms with Crippen molar-refractivity contribution in [3.8, 4) is 11.5 Å². The van der Waals surface area contributed by atoms with Crippen LogP contribution in [0.1, 0.15) is 6.92 Å². The van der Waals surface area contributed by atoms with Crippen LogP contribution in [-0.2, 0) is 0 Å². The van der Waals surface area contributed by atoms with Crippen LogP contribution in [0.2, 0.25) is 0 Å². The average Bonchev–Trinajstić information content (AvgIpc) is 2.77. The van der Waals surface area contributed by atoms with E-state index in [9.17, 15) is 0 Å². The highest BCUT2D eigenvalue weighted by Gasteiger charge is 2.10. The fraction of sp³-hybridized carbons (Fsp3) is 0.273. The third kappa shape index (κ3) is 1.98. The molecule has 0 amide bonds. The smallest absolute Gasteiger partial charge is 0.266 e. The number of rotatable bonds is 3. The molecule has 0 spiro atoms. The Kier molecular flexibility index (Phi) is 2.76. The molecule has 5 heteroatoms. The lowest BCUT2D eigenvalue weighted by atomic mass is 10.2. The molecule has 0 aliphatic heterocycles. The van der Waals surface area contributed by atoms with Crippen molar-refractivity contribution >= 4 is 11.6 Å². The normalized spacial score (nSPS) is 10.4. The monoisotopic (exact) mass is 218 g/mol. The number of anilines is 2. The first-order valence-electron chi connectivity index (χ1n) is 5.11. The molecule has 2 aromatic rings. The minimum atomic E-state index is 0.489. The molecule has 16 heavy (non-hydrogen) atoms. The van der Waals surface area contributed by atoms with E-state index in [-0.39, 0.29) is 0 Å². The molecule has 0 fully saturated rings. The van der Waals surface area contributed by atoms with E-state index in [2.05, 4.69) is 10.1 Å². The summed E-state index contributed by atoms with van der Waals surface area (Å²) in [6.07, 6.45) is 0. The van der Waals surface area contributed by atoms with E-state index in [4.69, 9.17) is 10.3 Å². The SMILES string of the molecule is CCN(C)c1noc(-c2cccc(N)c2)n1. The molecule has 1 heterocycles. The van der Waals surface area contributed by atoms with Crippen LogP contribution in [0.3, 0.4) is 0 Å². The van der Waals surface area contributed by atoms with Gasteiger partial charge in [-0.25, -0.2) is 0 Å². The zero-order valence-corrected chi connectivity index (χ0v) is 9.34. The summed E-state index contributed by atoms with van der Waals surface area (Å²) >= 11 is 0. The van der Waals surface area contributed by atoms with Crippen LogP contribution in [0.25, 0.3) is 11.5 Å². The molecule has 0 atom stereocenters. The van der Waals surface area contributed by atoms with Gasteiger partial charge in [0.25, 0.3) is 11.8 Å². The van der Waals surface area contributed by atoms with Crippen LogP contribution in [0, 0.1) is 0 Å². The third-order valence-corrected chi connectivity index (χ3v) is 2.36. The number of benzene rings is 1. The first-order valence-corrected chi connectivity index (χ1v) is 5.11. The van der Waals surface area contributed by atoms with Crippen LogP contribution in [0.4, 0.5) is 11.6 Å².